The van der Waals surface area contributed by atoms with E-state index in [1.54, 1.807) is 6.07 Å². The number of aliphatic hydroxyl groups excluding tert-OH is 1. The summed E-state index contributed by atoms with van der Waals surface area (Å²) in [4.78, 5) is 0. The van der Waals surface area contributed by atoms with Gasteiger partial charge in [-0.1, -0.05) is 87.9 Å². The Morgan fingerprint density at radius 1 is 0.913 bits per heavy atom. The number of aliphatic hydroxyl groups is 1. The molecule has 1 atom stereocenters. The van der Waals surface area contributed by atoms with Crippen LogP contribution in [0.4, 0.5) is 4.39 Å². The molecule has 1 nitrogen and oxygen atoms in total. The summed E-state index contributed by atoms with van der Waals surface area (Å²) in [5.41, 5.74) is 2.12. The minimum Gasteiger partial charge on any atom is -0.388 e. The van der Waals surface area contributed by atoms with Gasteiger partial charge in [-0.3, -0.25) is 0 Å². The van der Waals surface area contributed by atoms with Crippen molar-refractivity contribution in [2.75, 3.05) is 0 Å². The molecule has 0 saturated heterocycles. The Labute approximate surface area is 139 Å². The third kappa shape index (κ3) is 5.47. The van der Waals surface area contributed by atoms with Crippen LogP contribution < -0.4 is 0 Å². The van der Waals surface area contributed by atoms with Crippen molar-refractivity contribution in [3.05, 3.63) is 59.9 Å². The molecule has 0 fully saturated rings. The Morgan fingerprint density at radius 2 is 1.61 bits per heavy atom. The lowest BCUT2D eigenvalue weighted by Gasteiger charge is -2.12. The van der Waals surface area contributed by atoms with Gasteiger partial charge in [-0.2, -0.15) is 0 Å². The molecular weight excluding hydrogens is 287 g/mol. The SMILES string of the molecule is CCCCCCCCC(O)c1ccc(-c2ccccc2)c(F)c1. The van der Waals surface area contributed by atoms with Crippen LogP contribution >= 0.6 is 0 Å². The lowest BCUT2D eigenvalue weighted by atomic mass is 9.98. The Hall–Kier alpha value is -1.67. The van der Waals surface area contributed by atoms with E-state index in [0.29, 0.717) is 17.5 Å². The van der Waals surface area contributed by atoms with E-state index in [4.69, 9.17) is 0 Å². The number of hydrogen-bond donors (Lipinski definition) is 1. The molecule has 2 heteroatoms. The first kappa shape index (κ1) is 17.7. The quantitative estimate of drug-likeness (QED) is 0.540. The van der Waals surface area contributed by atoms with Gasteiger partial charge < -0.3 is 5.11 Å². The molecule has 0 aliphatic rings. The smallest absolute Gasteiger partial charge is 0.131 e. The van der Waals surface area contributed by atoms with Crippen molar-refractivity contribution in [1.29, 1.82) is 0 Å². The molecule has 0 aromatic heterocycles. The fourth-order valence-electron chi connectivity index (χ4n) is 2.88. The van der Waals surface area contributed by atoms with Crippen LogP contribution in [0.1, 0.15) is 63.5 Å². The van der Waals surface area contributed by atoms with Gasteiger partial charge in [-0.15, -0.1) is 0 Å². The maximum atomic E-state index is 14.3. The predicted octanol–water partition coefficient (Wildman–Crippen LogP) is 6.28. The minimum atomic E-state index is -0.569. The van der Waals surface area contributed by atoms with Crippen LogP contribution in [0.2, 0.25) is 0 Å². The second-order valence-electron chi connectivity index (χ2n) is 6.18. The van der Waals surface area contributed by atoms with Gasteiger partial charge >= 0.3 is 0 Å². The van der Waals surface area contributed by atoms with Crippen LogP contribution in [0.3, 0.4) is 0 Å². The summed E-state index contributed by atoms with van der Waals surface area (Å²) in [5.74, 6) is -0.268. The molecule has 0 spiro atoms. The van der Waals surface area contributed by atoms with E-state index >= 15 is 0 Å². The summed E-state index contributed by atoms with van der Waals surface area (Å²) < 4.78 is 14.3. The standard InChI is InChI=1S/C21H27FO/c1-2-3-4-5-6-10-13-21(23)18-14-15-19(20(22)16-18)17-11-8-7-9-12-17/h7-9,11-12,14-16,21,23H,2-6,10,13H2,1H3. The second kappa shape index (κ2) is 9.46. The molecule has 124 valence electrons. The fraction of sp³-hybridized carbons (Fsp3) is 0.429. The lowest BCUT2D eigenvalue weighted by Crippen LogP contribution is -1.99. The summed E-state index contributed by atoms with van der Waals surface area (Å²) >= 11 is 0. The van der Waals surface area contributed by atoms with E-state index in [1.807, 2.05) is 36.4 Å². The number of halogens is 1. The predicted molar refractivity (Wildman–Crippen MR) is 94.8 cm³/mol. The molecule has 0 aliphatic heterocycles. The van der Waals surface area contributed by atoms with Gasteiger partial charge in [-0.25, -0.2) is 4.39 Å². The summed E-state index contributed by atoms with van der Waals surface area (Å²) in [6.07, 6.45) is 7.30. The molecule has 0 bridgehead atoms. The average Bonchev–Trinajstić information content (AvgIpc) is 2.58. The summed E-state index contributed by atoms with van der Waals surface area (Å²) in [6.45, 7) is 2.21. The van der Waals surface area contributed by atoms with Crippen LogP contribution in [-0.2, 0) is 0 Å². The fourth-order valence-corrected chi connectivity index (χ4v) is 2.88. The highest BCUT2D eigenvalue weighted by molar-refractivity contribution is 5.64. The van der Waals surface area contributed by atoms with E-state index in [2.05, 4.69) is 6.92 Å². The highest BCUT2D eigenvalue weighted by Gasteiger charge is 2.11. The molecule has 0 saturated carbocycles. The molecule has 2 rings (SSSR count). The number of rotatable bonds is 9. The van der Waals surface area contributed by atoms with Crippen LogP contribution in [-0.4, -0.2) is 5.11 Å². The molecule has 0 heterocycles. The first-order valence-electron chi connectivity index (χ1n) is 8.75. The Kier molecular flexibility index (Phi) is 7.28. The van der Waals surface area contributed by atoms with Gasteiger partial charge in [0.2, 0.25) is 0 Å². The van der Waals surface area contributed by atoms with Crippen molar-refractivity contribution < 1.29 is 9.50 Å². The van der Waals surface area contributed by atoms with E-state index in [1.165, 1.54) is 31.7 Å². The molecule has 1 N–H and O–H groups in total. The maximum Gasteiger partial charge on any atom is 0.131 e. The number of unbranched alkanes of at least 4 members (excludes halogenated alkanes) is 5. The van der Waals surface area contributed by atoms with Crippen molar-refractivity contribution in [2.45, 2.75) is 58.0 Å². The van der Waals surface area contributed by atoms with Gasteiger partial charge in [0.25, 0.3) is 0 Å². The minimum absolute atomic E-state index is 0.268. The van der Waals surface area contributed by atoms with Crippen molar-refractivity contribution in [3.63, 3.8) is 0 Å². The maximum absolute atomic E-state index is 14.3. The lowest BCUT2D eigenvalue weighted by molar-refractivity contribution is 0.163. The Balaban J connectivity index is 1.89. The topological polar surface area (TPSA) is 20.2 Å². The average molecular weight is 314 g/mol. The zero-order valence-corrected chi connectivity index (χ0v) is 14.0. The molecule has 0 aliphatic carbocycles. The zero-order chi connectivity index (χ0) is 16.5. The van der Waals surface area contributed by atoms with Gasteiger partial charge in [-0.05, 0) is 23.6 Å². The van der Waals surface area contributed by atoms with E-state index < -0.39 is 6.10 Å². The zero-order valence-electron chi connectivity index (χ0n) is 14.0. The molecular formula is C21H27FO. The van der Waals surface area contributed by atoms with Gasteiger partial charge in [0.15, 0.2) is 0 Å². The summed E-state index contributed by atoms with van der Waals surface area (Å²) in [7, 11) is 0. The molecule has 0 radical (unpaired) electrons. The van der Waals surface area contributed by atoms with Gasteiger partial charge in [0.1, 0.15) is 5.82 Å². The Morgan fingerprint density at radius 3 is 2.30 bits per heavy atom. The molecule has 2 aromatic rings. The molecule has 0 amide bonds. The molecule has 1 unspecified atom stereocenters. The third-order valence-corrected chi connectivity index (χ3v) is 4.29. The van der Waals surface area contributed by atoms with Crippen molar-refractivity contribution >= 4 is 0 Å². The molecule has 23 heavy (non-hydrogen) atoms. The van der Waals surface area contributed by atoms with E-state index in [-0.39, 0.29) is 5.82 Å². The summed E-state index contributed by atoms with van der Waals surface area (Å²) in [5, 5.41) is 10.2. The largest absolute Gasteiger partial charge is 0.388 e. The summed E-state index contributed by atoms with van der Waals surface area (Å²) in [6, 6.07) is 14.6. The van der Waals surface area contributed by atoms with Gasteiger partial charge in [0.05, 0.1) is 6.10 Å². The van der Waals surface area contributed by atoms with Crippen LogP contribution in [0.25, 0.3) is 11.1 Å². The van der Waals surface area contributed by atoms with Crippen molar-refractivity contribution in [1.82, 2.24) is 0 Å². The number of benzene rings is 2. The first-order valence-corrected chi connectivity index (χ1v) is 8.75. The van der Waals surface area contributed by atoms with E-state index in [9.17, 15) is 9.50 Å². The first-order chi connectivity index (χ1) is 11.2. The monoisotopic (exact) mass is 314 g/mol. The molecule has 2 aromatic carbocycles. The van der Waals surface area contributed by atoms with E-state index in [0.717, 1.165) is 18.4 Å². The van der Waals surface area contributed by atoms with Crippen molar-refractivity contribution in [2.24, 2.45) is 0 Å². The third-order valence-electron chi connectivity index (χ3n) is 4.29. The second-order valence-corrected chi connectivity index (χ2v) is 6.18. The van der Waals surface area contributed by atoms with Crippen LogP contribution in [0.15, 0.2) is 48.5 Å². The number of hydrogen-bond acceptors (Lipinski definition) is 1. The van der Waals surface area contributed by atoms with Crippen LogP contribution in [0, 0.1) is 5.82 Å². The van der Waals surface area contributed by atoms with Gasteiger partial charge in [0, 0.05) is 5.56 Å². The normalized spacial score (nSPS) is 12.3. The highest BCUT2D eigenvalue weighted by Crippen LogP contribution is 2.27. The van der Waals surface area contributed by atoms with Crippen molar-refractivity contribution in [3.8, 4) is 11.1 Å². The van der Waals surface area contributed by atoms with Crippen LogP contribution in [0.5, 0.6) is 0 Å². The Bertz CT molecular complexity index is 580. The highest BCUT2D eigenvalue weighted by atomic mass is 19.1.